The average Bonchev–Trinajstić information content (AvgIpc) is 2.71. The zero-order valence-electron chi connectivity index (χ0n) is 11.2. The summed E-state index contributed by atoms with van der Waals surface area (Å²) in [6.07, 6.45) is 7.99. The van der Waals surface area contributed by atoms with Gasteiger partial charge in [0.25, 0.3) is 0 Å². The Morgan fingerprint density at radius 3 is 2.59 bits per heavy atom. The van der Waals surface area contributed by atoms with Crippen molar-refractivity contribution in [3.8, 4) is 0 Å². The van der Waals surface area contributed by atoms with E-state index in [0.29, 0.717) is 0 Å². The molecule has 1 aliphatic rings. The molecule has 1 heterocycles. The van der Waals surface area contributed by atoms with Crippen molar-refractivity contribution >= 4 is 11.3 Å². The van der Waals surface area contributed by atoms with Crippen molar-refractivity contribution in [2.45, 2.75) is 58.4 Å². The number of thiophene rings is 1. The fraction of sp³-hybridized carbons (Fsp3) is 0.733. The van der Waals surface area contributed by atoms with Crippen molar-refractivity contribution in [3.05, 3.63) is 21.9 Å². The van der Waals surface area contributed by atoms with Crippen LogP contribution in [0.5, 0.6) is 0 Å². The van der Waals surface area contributed by atoms with E-state index < -0.39 is 0 Å². The summed E-state index contributed by atoms with van der Waals surface area (Å²) >= 11 is 2.01. The minimum absolute atomic E-state index is 0.729. The predicted molar refractivity (Wildman–Crippen MR) is 76.8 cm³/mol. The summed E-state index contributed by atoms with van der Waals surface area (Å²) in [6, 6.07) is 5.37. The summed E-state index contributed by atoms with van der Waals surface area (Å²) in [5, 5.41) is 3.75. The van der Waals surface area contributed by atoms with Gasteiger partial charge in [-0.1, -0.05) is 20.3 Å². The molecule has 1 fully saturated rings. The Kier molecular flexibility index (Phi) is 5.05. The maximum Gasteiger partial charge on any atom is 0.0144 e. The zero-order chi connectivity index (χ0) is 12.1. The maximum atomic E-state index is 3.75. The van der Waals surface area contributed by atoms with Crippen LogP contribution in [-0.4, -0.2) is 12.6 Å². The molecule has 1 unspecified atom stereocenters. The molecule has 0 aliphatic heterocycles. The van der Waals surface area contributed by atoms with Gasteiger partial charge in [-0.3, -0.25) is 0 Å². The Morgan fingerprint density at radius 2 is 2.06 bits per heavy atom. The van der Waals surface area contributed by atoms with E-state index in [1.165, 1.54) is 49.9 Å². The van der Waals surface area contributed by atoms with Crippen molar-refractivity contribution in [1.82, 2.24) is 5.32 Å². The number of aryl methyl sites for hydroxylation is 1. The third-order valence-corrected chi connectivity index (χ3v) is 5.11. The first kappa shape index (κ1) is 13.1. The third-order valence-electron chi connectivity index (χ3n) is 3.86. The Morgan fingerprint density at radius 1 is 1.29 bits per heavy atom. The first-order valence-corrected chi connectivity index (χ1v) is 7.96. The van der Waals surface area contributed by atoms with Gasteiger partial charge in [0.2, 0.25) is 0 Å². The first-order valence-electron chi connectivity index (χ1n) is 7.14. The molecule has 0 radical (unpaired) electrons. The van der Waals surface area contributed by atoms with Gasteiger partial charge >= 0.3 is 0 Å². The highest BCUT2D eigenvalue weighted by molar-refractivity contribution is 7.11. The Balaban J connectivity index is 1.90. The zero-order valence-corrected chi connectivity index (χ0v) is 12.0. The van der Waals surface area contributed by atoms with E-state index in [-0.39, 0.29) is 0 Å². The largest absolute Gasteiger partial charge is 0.313 e. The van der Waals surface area contributed by atoms with Gasteiger partial charge in [0.05, 0.1) is 0 Å². The second kappa shape index (κ2) is 6.55. The summed E-state index contributed by atoms with van der Waals surface area (Å²) in [4.78, 5) is 3.10. The number of hydrogen-bond acceptors (Lipinski definition) is 2. The van der Waals surface area contributed by atoms with E-state index in [1.807, 2.05) is 11.3 Å². The monoisotopic (exact) mass is 251 g/mol. The van der Waals surface area contributed by atoms with E-state index >= 15 is 0 Å². The van der Waals surface area contributed by atoms with Gasteiger partial charge in [-0.2, -0.15) is 0 Å². The van der Waals surface area contributed by atoms with Gasteiger partial charge in [-0.05, 0) is 56.7 Å². The lowest BCUT2D eigenvalue weighted by Crippen LogP contribution is -2.41. The molecule has 1 saturated carbocycles. The number of hydrogen-bond donors (Lipinski definition) is 1. The molecule has 1 atom stereocenters. The minimum Gasteiger partial charge on any atom is -0.313 e. The molecular weight excluding hydrogens is 226 g/mol. The molecule has 1 aromatic heterocycles. The van der Waals surface area contributed by atoms with E-state index in [2.05, 4.69) is 31.3 Å². The third kappa shape index (κ3) is 3.56. The second-order valence-corrected chi connectivity index (χ2v) is 6.43. The number of nitrogens with one attached hydrogen (secondary N) is 1. The lowest BCUT2D eigenvalue weighted by molar-refractivity contribution is 0.228. The lowest BCUT2D eigenvalue weighted by atomic mass is 9.78. The van der Waals surface area contributed by atoms with Gasteiger partial charge in [-0.15, -0.1) is 11.3 Å². The van der Waals surface area contributed by atoms with Crippen molar-refractivity contribution in [2.75, 3.05) is 6.54 Å². The van der Waals surface area contributed by atoms with Crippen LogP contribution < -0.4 is 5.32 Å². The first-order chi connectivity index (χ1) is 8.33. The van der Waals surface area contributed by atoms with Crippen molar-refractivity contribution in [1.29, 1.82) is 0 Å². The smallest absolute Gasteiger partial charge is 0.0144 e. The van der Waals surface area contributed by atoms with Crippen LogP contribution in [0.15, 0.2) is 12.1 Å². The van der Waals surface area contributed by atoms with Gasteiger partial charge in [0, 0.05) is 15.8 Å². The topological polar surface area (TPSA) is 12.0 Å². The van der Waals surface area contributed by atoms with Gasteiger partial charge < -0.3 is 5.32 Å². The number of rotatable bonds is 7. The van der Waals surface area contributed by atoms with Crippen LogP contribution >= 0.6 is 11.3 Å². The quantitative estimate of drug-likeness (QED) is 0.772. The molecule has 0 amide bonds. The molecule has 96 valence electrons. The fourth-order valence-electron chi connectivity index (χ4n) is 2.52. The van der Waals surface area contributed by atoms with Crippen LogP contribution in [-0.2, 0) is 12.8 Å². The van der Waals surface area contributed by atoms with Crippen LogP contribution in [0.3, 0.4) is 0 Å². The minimum atomic E-state index is 0.729. The predicted octanol–water partition coefficient (Wildman–Crippen LogP) is 4.02. The highest BCUT2D eigenvalue weighted by Crippen LogP contribution is 2.32. The standard InChI is InChI=1S/C15H25NS/c1-3-10-16-15(12-6-5-7-12)11-14-9-8-13(4-2)17-14/h8-9,12,15-16H,3-7,10-11H2,1-2H3. The molecule has 2 heteroatoms. The lowest BCUT2D eigenvalue weighted by Gasteiger charge is -2.34. The highest BCUT2D eigenvalue weighted by Gasteiger charge is 2.27. The molecule has 0 aromatic carbocycles. The molecule has 17 heavy (non-hydrogen) atoms. The molecule has 0 bridgehead atoms. The van der Waals surface area contributed by atoms with E-state index in [1.54, 1.807) is 4.88 Å². The van der Waals surface area contributed by atoms with Crippen molar-refractivity contribution in [3.63, 3.8) is 0 Å². The summed E-state index contributed by atoms with van der Waals surface area (Å²) in [5.41, 5.74) is 0. The van der Waals surface area contributed by atoms with Gasteiger partial charge in [-0.25, -0.2) is 0 Å². The Bertz CT molecular complexity index is 327. The average molecular weight is 251 g/mol. The van der Waals surface area contributed by atoms with Crippen LogP contribution in [0.1, 0.15) is 49.3 Å². The second-order valence-electron chi connectivity index (χ2n) is 5.18. The highest BCUT2D eigenvalue weighted by atomic mass is 32.1. The van der Waals surface area contributed by atoms with Crippen LogP contribution in [0.4, 0.5) is 0 Å². The van der Waals surface area contributed by atoms with E-state index in [0.717, 1.165) is 12.0 Å². The van der Waals surface area contributed by atoms with Crippen molar-refractivity contribution < 1.29 is 0 Å². The van der Waals surface area contributed by atoms with Gasteiger partial charge in [0.1, 0.15) is 0 Å². The maximum absolute atomic E-state index is 3.75. The van der Waals surface area contributed by atoms with Gasteiger partial charge in [0.15, 0.2) is 0 Å². The van der Waals surface area contributed by atoms with Crippen LogP contribution in [0.2, 0.25) is 0 Å². The molecule has 1 N–H and O–H groups in total. The fourth-order valence-corrected chi connectivity index (χ4v) is 3.53. The molecule has 1 nitrogen and oxygen atoms in total. The van der Waals surface area contributed by atoms with Crippen LogP contribution in [0.25, 0.3) is 0 Å². The molecule has 2 rings (SSSR count). The van der Waals surface area contributed by atoms with Crippen LogP contribution in [0, 0.1) is 5.92 Å². The van der Waals surface area contributed by atoms with E-state index in [4.69, 9.17) is 0 Å². The summed E-state index contributed by atoms with van der Waals surface area (Å²) in [6.45, 7) is 5.67. The Hall–Kier alpha value is -0.340. The summed E-state index contributed by atoms with van der Waals surface area (Å²) in [7, 11) is 0. The molecule has 1 aromatic rings. The Labute approximate surface area is 110 Å². The van der Waals surface area contributed by atoms with Crippen molar-refractivity contribution in [2.24, 2.45) is 5.92 Å². The molecule has 1 aliphatic carbocycles. The van der Waals surface area contributed by atoms with E-state index in [9.17, 15) is 0 Å². The normalized spacial score (nSPS) is 18.0. The summed E-state index contributed by atoms with van der Waals surface area (Å²) < 4.78 is 0. The molecule has 0 saturated heterocycles. The molecule has 0 spiro atoms. The summed E-state index contributed by atoms with van der Waals surface area (Å²) in [5.74, 6) is 0.939. The molecular formula is C15H25NS. The SMILES string of the molecule is CCCNC(Cc1ccc(CC)s1)C1CCC1.